The van der Waals surface area contributed by atoms with Gasteiger partial charge in [0.15, 0.2) is 0 Å². The van der Waals surface area contributed by atoms with Gasteiger partial charge in [-0.15, -0.1) is 0 Å². The third kappa shape index (κ3) is 5.77. The van der Waals surface area contributed by atoms with E-state index in [0.29, 0.717) is 6.61 Å². The summed E-state index contributed by atoms with van der Waals surface area (Å²) in [5.41, 5.74) is 1.31. The molecule has 1 amide bonds. The zero-order valence-electron chi connectivity index (χ0n) is 17.1. The number of hydrogen-bond donors (Lipinski definition) is 2. The smallest absolute Gasteiger partial charge is 0.261 e. The second-order valence-electron chi connectivity index (χ2n) is 6.81. The summed E-state index contributed by atoms with van der Waals surface area (Å²) < 4.78 is 33.0. The van der Waals surface area contributed by atoms with E-state index in [9.17, 15) is 13.2 Å². The minimum atomic E-state index is -3.78. The van der Waals surface area contributed by atoms with Gasteiger partial charge in [-0.05, 0) is 61.9 Å². The molecular formula is C23H23ClN2O4S. The van der Waals surface area contributed by atoms with Gasteiger partial charge >= 0.3 is 0 Å². The van der Waals surface area contributed by atoms with E-state index < -0.39 is 15.9 Å². The van der Waals surface area contributed by atoms with E-state index in [0.717, 1.165) is 11.3 Å². The fraction of sp³-hybridized carbons (Fsp3) is 0.174. The van der Waals surface area contributed by atoms with Crippen LogP contribution in [-0.2, 0) is 10.0 Å². The van der Waals surface area contributed by atoms with E-state index in [2.05, 4.69) is 10.0 Å². The van der Waals surface area contributed by atoms with E-state index in [1.54, 1.807) is 18.2 Å². The topological polar surface area (TPSA) is 84.5 Å². The van der Waals surface area contributed by atoms with Crippen molar-refractivity contribution in [1.29, 1.82) is 0 Å². The molecule has 3 aromatic rings. The van der Waals surface area contributed by atoms with Gasteiger partial charge in [0.1, 0.15) is 5.75 Å². The molecule has 0 aliphatic rings. The van der Waals surface area contributed by atoms with Gasteiger partial charge in [-0.1, -0.05) is 41.9 Å². The monoisotopic (exact) mass is 458 g/mol. The largest absolute Gasteiger partial charge is 0.494 e. The van der Waals surface area contributed by atoms with Crippen molar-refractivity contribution < 1.29 is 17.9 Å². The van der Waals surface area contributed by atoms with E-state index in [4.69, 9.17) is 16.3 Å². The Hall–Kier alpha value is -3.03. The van der Waals surface area contributed by atoms with Crippen molar-refractivity contribution in [3.63, 3.8) is 0 Å². The van der Waals surface area contributed by atoms with Crippen LogP contribution in [-0.4, -0.2) is 20.9 Å². The predicted molar refractivity (Wildman–Crippen MR) is 122 cm³/mol. The molecule has 3 aromatic carbocycles. The van der Waals surface area contributed by atoms with E-state index in [1.807, 2.05) is 38.1 Å². The Morgan fingerprint density at radius 3 is 2.35 bits per heavy atom. The number of nitrogens with one attached hydrogen (secondary N) is 2. The molecule has 0 spiro atoms. The van der Waals surface area contributed by atoms with Crippen LogP contribution < -0.4 is 14.8 Å². The van der Waals surface area contributed by atoms with E-state index >= 15 is 0 Å². The predicted octanol–water partition coefficient (Wildman–Crippen LogP) is 5.03. The summed E-state index contributed by atoms with van der Waals surface area (Å²) >= 11 is 6.21. The van der Waals surface area contributed by atoms with Crippen molar-refractivity contribution in [1.82, 2.24) is 5.32 Å². The third-order valence-electron chi connectivity index (χ3n) is 4.56. The van der Waals surface area contributed by atoms with Crippen LogP contribution in [0.2, 0.25) is 5.02 Å². The highest BCUT2D eigenvalue weighted by Crippen LogP contribution is 2.24. The van der Waals surface area contributed by atoms with Gasteiger partial charge in [-0.3, -0.25) is 9.52 Å². The molecule has 0 fully saturated rings. The van der Waals surface area contributed by atoms with Crippen LogP contribution in [0.25, 0.3) is 0 Å². The van der Waals surface area contributed by atoms with Crippen molar-refractivity contribution in [2.24, 2.45) is 0 Å². The van der Waals surface area contributed by atoms with Crippen LogP contribution in [0.4, 0.5) is 5.69 Å². The lowest BCUT2D eigenvalue weighted by Gasteiger charge is -2.16. The maximum Gasteiger partial charge on any atom is 0.261 e. The van der Waals surface area contributed by atoms with Crippen LogP contribution in [0.1, 0.15) is 35.8 Å². The fourth-order valence-electron chi connectivity index (χ4n) is 2.95. The summed E-state index contributed by atoms with van der Waals surface area (Å²) in [6.07, 6.45) is 0. The van der Waals surface area contributed by atoms with Crippen LogP contribution in [0, 0.1) is 0 Å². The minimum absolute atomic E-state index is 0.125. The molecule has 0 aliphatic carbocycles. The van der Waals surface area contributed by atoms with Crippen molar-refractivity contribution in [3.8, 4) is 5.75 Å². The molecule has 2 N–H and O–H groups in total. The zero-order chi connectivity index (χ0) is 22.4. The molecule has 0 aliphatic heterocycles. The third-order valence-corrected chi connectivity index (χ3v) is 6.28. The van der Waals surface area contributed by atoms with Gasteiger partial charge in [0, 0.05) is 5.69 Å². The first-order valence-corrected chi connectivity index (χ1v) is 11.6. The number of hydrogen-bond acceptors (Lipinski definition) is 4. The number of benzene rings is 3. The van der Waals surface area contributed by atoms with Gasteiger partial charge in [-0.2, -0.15) is 0 Å². The molecule has 162 valence electrons. The van der Waals surface area contributed by atoms with Crippen molar-refractivity contribution in [3.05, 3.63) is 88.9 Å². The van der Waals surface area contributed by atoms with Gasteiger partial charge < -0.3 is 10.1 Å². The summed E-state index contributed by atoms with van der Waals surface area (Å²) in [4.78, 5) is 12.9. The van der Waals surface area contributed by atoms with Crippen LogP contribution >= 0.6 is 11.6 Å². The van der Waals surface area contributed by atoms with Crippen molar-refractivity contribution in [2.45, 2.75) is 24.8 Å². The maximum atomic E-state index is 12.8. The quantitative estimate of drug-likeness (QED) is 0.495. The molecule has 0 radical (unpaired) electrons. The Bertz CT molecular complexity index is 1150. The lowest BCUT2D eigenvalue weighted by atomic mass is 10.1. The molecule has 0 saturated carbocycles. The molecule has 8 heteroatoms. The molecule has 3 rings (SSSR count). The standard InChI is InChI=1S/C23H23ClN2O4S/c1-3-30-19-12-9-17(10-13-19)16(2)25-23(27)21-15-18(11-14-22(21)24)26-31(28,29)20-7-5-4-6-8-20/h4-16,26H,3H2,1-2H3,(H,25,27)/t16-/m0/s1. The lowest BCUT2D eigenvalue weighted by Crippen LogP contribution is -2.27. The summed E-state index contributed by atoms with van der Waals surface area (Å²) in [6.45, 7) is 4.34. The molecular weight excluding hydrogens is 436 g/mol. The van der Waals surface area contributed by atoms with Crippen molar-refractivity contribution in [2.75, 3.05) is 11.3 Å². The lowest BCUT2D eigenvalue weighted by molar-refractivity contribution is 0.0940. The SMILES string of the molecule is CCOc1ccc([C@H](C)NC(=O)c2cc(NS(=O)(=O)c3ccccc3)ccc2Cl)cc1. The second-order valence-corrected chi connectivity index (χ2v) is 8.90. The molecule has 0 saturated heterocycles. The van der Waals surface area contributed by atoms with E-state index in [1.165, 1.54) is 30.3 Å². The van der Waals surface area contributed by atoms with Crippen LogP contribution in [0.15, 0.2) is 77.7 Å². The molecule has 0 aromatic heterocycles. The minimum Gasteiger partial charge on any atom is -0.494 e. The number of amides is 1. The summed E-state index contributed by atoms with van der Waals surface area (Å²) in [5, 5.41) is 3.11. The molecule has 31 heavy (non-hydrogen) atoms. The van der Waals surface area contributed by atoms with Crippen molar-refractivity contribution >= 4 is 33.2 Å². The average Bonchev–Trinajstić information content (AvgIpc) is 2.76. The Morgan fingerprint density at radius 2 is 1.71 bits per heavy atom. The van der Waals surface area contributed by atoms with Gasteiger partial charge in [0.25, 0.3) is 15.9 Å². The van der Waals surface area contributed by atoms with Crippen LogP contribution in [0.5, 0.6) is 5.75 Å². The first kappa shape index (κ1) is 22.7. The zero-order valence-corrected chi connectivity index (χ0v) is 18.7. The highest BCUT2D eigenvalue weighted by molar-refractivity contribution is 7.92. The molecule has 0 heterocycles. The Kier molecular flexibility index (Phi) is 7.20. The number of rotatable bonds is 8. The van der Waals surface area contributed by atoms with Crippen LogP contribution in [0.3, 0.4) is 0 Å². The molecule has 6 nitrogen and oxygen atoms in total. The number of carbonyl (C=O) groups excluding carboxylic acids is 1. The first-order valence-electron chi connectivity index (χ1n) is 9.71. The highest BCUT2D eigenvalue weighted by Gasteiger charge is 2.18. The summed E-state index contributed by atoms with van der Waals surface area (Å²) in [7, 11) is -3.78. The number of ether oxygens (including phenoxy) is 1. The summed E-state index contributed by atoms with van der Waals surface area (Å²) in [6, 6.07) is 19.5. The number of anilines is 1. The molecule has 1 atom stereocenters. The van der Waals surface area contributed by atoms with Gasteiger partial charge in [0.2, 0.25) is 0 Å². The average molecular weight is 459 g/mol. The Labute approximate surface area is 187 Å². The van der Waals surface area contributed by atoms with Gasteiger partial charge in [-0.25, -0.2) is 8.42 Å². The first-order chi connectivity index (χ1) is 14.8. The van der Waals surface area contributed by atoms with E-state index in [-0.39, 0.29) is 27.2 Å². The Morgan fingerprint density at radius 1 is 1.03 bits per heavy atom. The number of sulfonamides is 1. The highest BCUT2D eigenvalue weighted by atomic mass is 35.5. The number of carbonyl (C=O) groups is 1. The maximum absolute atomic E-state index is 12.8. The fourth-order valence-corrected chi connectivity index (χ4v) is 4.23. The summed E-state index contributed by atoms with van der Waals surface area (Å²) in [5.74, 6) is 0.346. The van der Waals surface area contributed by atoms with Gasteiger partial charge in [0.05, 0.1) is 28.1 Å². The molecule has 0 unspecified atom stereocenters. The normalized spacial score (nSPS) is 12.1. The number of halogens is 1. The second kappa shape index (κ2) is 9.85. The Balaban J connectivity index is 1.75. The molecule has 0 bridgehead atoms.